The summed E-state index contributed by atoms with van der Waals surface area (Å²) in [6.07, 6.45) is -0.432. The van der Waals surface area contributed by atoms with Gasteiger partial charge in [0, 0.05) is 6.07 Å². The Hall–Kier alpha value is -2.94. The van der Waals surface area contributed by atoms with Crippen LogP contribution in [0.15, 0.2) is 53.4 Å². The Balaban J connectivity index is 2.68. The van der Waals surface area contributed by atoms with Crippen LogP contribution >= 0.6 is 0 Å². The van der Waals surface area contributed by atoms with Gasteiger partial charge in [-0.3, -0.25) is 19.2 Å². The maximum absolute atomic E-state index is 13.5. The summed E-state index contributed by atoms with van der Waals surface area (Å²) in [5, 5.41) is 11.4. The van der Waals surface area contributed by atoms with E-state index in [-0.39, 0.29) is 11.6 Å². The van der Waals surface area contributed by atoms with Crippen molar-refractivity contribution in [1.82, 2.24) is 0 Å². The number of nitro benzene ring substituents is 1. The van der Waals surface area contributed by atoms with Crippen molar-refractivity contribution in [2.24, 2.45) is 0 Å². The van der Waals surface area contributed by atoms with Crippen LogP contribution in [0.3, 0.4) is 0 Å². The molecule has 0 aliphatic rings. The molecule has 0 atom stereocenters. The van der Waals surface area contributed by atoms with Gasteiger partial charge >= 0.3 is 5.97 Å². The Bertz CT molecular complexity index is 1000. The van der Waals surface area contributed by atoms with Crippen molar-refractivity contribution in [2.45, 2.75) is 44.6 Å². The second-order valence-corrected chi connectivity index (χ2v) is 8.82. The minimum Gasteiger partial charge on any atom is -0.462 e. The molecule has 156 valence electrons. The van der Waals surface area contributed by atoms with Gasteiger partial charge in [0.25, 0.3) is 15.7 Å². The number of carbonyl (C=O) groups is 1. The molecule has 0 aliphatic heterocycles. The van der Waals surface area contributed by atoms with Crippen molar-refractivity contribution >= 4 is 27.4 Å². The number of nitro groups is 1. The lowest BCUT2D eigenvalue weighted by Crippen LogP contribution is -2.38. The Morgan fingerprint density at radius 3 is 2.24 bits per heavy atom. The molecule has 0 saturated carbocycles. The normalized spacial score (nSPS) is 11.5. The minimum absolute atomic E-state index is 0.0456. The van der Waals surface area contributed by atoms with Crippen molar-refractivity contribution in [3.8, 4) is 0 Å². The minimum atomic E-state index is -4.43. The van der Waals surface area contributed by atoms with Crippen molar-refractivity contribution in [2.75, 3.05) is 10.8 Å². The number of sulfonamides is 1. The molecule has 0 radical (unpaired) electrons. The van der Waals surface area contributed by atoms with Gasteiger partial charge < -0.3 is 4.74 Å². The highest BCUT2D eigenvalue weighted by atomic mass is 32.2. The summed E-state index contributed by atoms with van der Waals surface area (Å²) in [4.78, 5) is 22.5. The molecule has 0 amide bonds. The first kappa shape index (κ1) is 22.4. The summed E-state index contributed by atoms with van der Waals surface area (Å²) < 4.78 is 33.0. The first-order valence-corrected chi connectivity index (χ1v) is 10.5. The molecule has 0 spiro atoms. The van der Waals surface area contributed by atoms with E-state index in [9.17, 15) is 23.3 Å². The first-order valence-electron chi connectivity index (χ1n) is 9.10. The van der Waals surface area contributed by atoms with Crippen LogP contribution in [-0.4, -0.2) is 32.0 Å². The van der Waals surface area contributed by atoms with E-state index in [0.717, 1.165) is 16.4 Å². The van der Waals surface area contributed by atoms with E-state index in [1.54, 1.807) is 38.1 Å². The molecule has 2 aromatic rings. The molecule has 0 heterocycles. The molecule has 0 saturated heterocycles. The molecule has 2 aromatic carbocycles. The van der Waals surface area contributed by atoms with Crippen LogP contribution in [-0.2, 0) is 19.6 Å². The largest absolute Gasteiger partial charge is 0.462 e. The third-order valence-electron chi connectivity index (χ3n) is 4.10. The van der Waals surface area contributed by atoms with Crippen molar-refractivity contribution in [1.29, 1.82) is 0 Å². The molecule has 2 rings (SSSR count). The fourth-order valence-electron chi connectivity index (χ4n) is 2.86. The average molecular weight is 420 g/mol. The highest BCUT2D eigenvalue weighted by Crippen LogP contribution is 2.34. The number of esters is 1. The standard InChI is InChI=1S/C20H24N2O6S/c1-14(2)16-9-5-6-10-17(16)21(13-20(23)28-15(3)4)29(26,27)19-12-8-7-11-18(19)22(24)25/h5-12,14-15H,13H2,1-4H3. The molecule has 0 aromatic heterocycles. The second-order valence-electron chi connectivity index (χ2n) is 6.99. The van der Waals surface area contributed by atoms with Crippen LogP contribution < -0.4 is 4.31 Å². The lowest BCUT2D eigenvalue weighted by Gasteiger charge is -2.27. The number of anilines is 1. The molecule has 0 aliphatic carbocycles. The monoisotopic (exact) mass is 420 g/mol. The lowest BCUT2D eigenvalue weighted by atomic mass is 10.0. The molecular formula is C20H24N2O6S. The van der Waals surface area contributed by atoms with E-state index in [2.05, 4.69) is 0 Å². The molecule has 0 unspecified atom stereocenters. The quantitative estimate of drug-likeness (QED) is 0.365. The number of carbonyl (C=O) groups excluding carboxylic acids is 1. The molecule has 9 heteroatoms. The van der Waals surface area contributed by atoms with Gasteiger partial charge in [0.2, 0.25) is 0 Å². The molecule has 0 fully saturated rings. The number of para-hydroxylation sites is 2. The zero-order valence-electron chi connectivity index (χ0n) is 16.7. The van der Waals surface area contributed by atoms with Gasteiger partial charge in [-0.1, -0.05) is 44.2 Å². The van der Waals surface area contributed by atoms with Gasteiger partial charge in [0.1, 0.15) is 6.54 Å². The lowest BCUT2D eigenvalue weighted by molar-refractivity contribution is -0.387. The second kappa shape index (κ2) is 9.04. The van der Waals surface area contributed by atoms with Gasteiger partial charge in [-0.05, 0) is 37.5 Å². The Labute approximate surface area is 170 Å². The van der Waals surface area contributed by atoms with Crippen LogP contribution in [0.25, 0.3) is 0 Å². The molecule has 0 N–H and O–H groups in total. The predicted octanol–water partition coefficient (Wildman–Crippen LogP) is 3.87. The zero-order valence-corrected chi connectivity index (χ0v) is 17.5. The summed E-state index contributed by atoms with van der Waals surface area (Å²) in [5.74, 6) is -0.795. The Morgan fingerprint density at radius 2 is 1.66 bits per heavy atom. The summed E-state index contributed by atoms with van der Waals surface area (Å²) in [6.45, 7) is 6.49. The number of hydrogen-bond acceptors (Lipinski definition) is 6. The van der Waals surface area contributed by atoms with E-state index in [1.807, 2.05) is 13.8 Å². The fourth-order valence-corrected chi connectivity index (χ4v) is 4.46. The third kappa shape index (κ3) is 5.11. The SMILES string of the molecule is CC(C)OC(=O)CN(c1ccccc1C(C)C)S(=O)(=O)c1ccccc1[N+](=O)[O-]. The van der Waals surface area contributed by atoms with E-state index in [4.69, 9.17) is 4.74 Å². The van der Waals surface area contributed by atoms with Gasteiger partial charge in [-0.25, -0.2) is 8.42 Å². The Kier molecular flexibility index (Phi) is 6.97. The molecule has 8 nitrogen and oxygen atoms in total. The Morgan fingerprint density at radius 1 is 1.07 bits per heavy atom. The summed E-state index contributed by atoms with van der Waals surface area (Å²) >= 11 is 0. The van der Waals surface area contributed by atoms with E-state index in [1.165, 1.54) is 12.1 Å². The fraction of sp³-hybridized carbons (Fsp3) is 0.350. The number of benzene rings is 2. The molecule has 0 bridgehead atoms. The van der Waals surface area contributed by atoms with Crippen LogP contribution in [0, 0.1) is 10.1 Å². The first-order chi connectivity index (χ1) is 13.6. The summed E-state index contributed by atoms with van der Waals surface area (Å²) in [5.41, 5.74) is 0.408. The van der Waals surface area contributed by atoms with Gasteiger partial charge in [0.15, 0.2) is 4.90 Å². The number of hydrogen-bond donors (Lipinski definition) is 0. The summed E-state index contributed by atoms with van der Waals surface area (Å²) in [6, 6.07) is 11.8. The van der Waals surface area contributed by atoms with Crippen molar-refractivity contribution in [3.05, 3.63) is 64.2 Å². The van der Waals surface area contributed by atoms with E-state index < -0.39 is 44.1 Å². The highest BCUT2D eigenvalue weighted by molar-refractivity contribution is 7.93. The number of ether oxygens (including phenoxy) is 1. The summed E-state index contributed by atoms with van der Waals surface area (Å²) in [7, 11) is -4.43. The van der Waals surface area contributed by atoms with Gasteiger partial charge in [0.05, 0.1) is 16.7 Å². The highest BCUT2D eigenvalue weighted by Gasteiger charge is 2.34. The van der Waals surface area contributed by atoms with Crippen molar-refractivity contribution in [3.63, 3.8) is 0 Å². The smallest absolute Gasteiger partial charge is 0.327 e. The number of rotatable bonds is 8. The van der Waals surface area contributed by atoms with E-state index in [0.29, 0.717) is 5.56 Å². The maximum Gasteiger partial charge on any atom is 0.327 e. The average Bonchev–Trinajstić information content (AvgIpc) is 2.65. The van der Waals surface area contributed by atoms with Crippen LogP contribution in [0.4, 0.5) is 11.4 Å². The third-order valence-corrected chi connectivity index (χ3v) is 5.90. The maximum atomic E-state index is 13.5. The van der Waals surface area contributed by atoms with E-state index >= 15 is 0 Å². The van der Waals surface area contributed by atoms with Gasteiger partial charge in [-0.2, -0.15) is 0 Å². The van der Waals surface area contributed by atoms with Crippen LogP contribution in [0.1, 0.15) is 39.2 Å². The topological polar surface area (TPSA) is 107 Å². The van der Waals surface area contributed by atoms with Crippen LogP contribution in [0.5, 0.6) is 0 Å². The number of nitrogens with zero attached hydrogens (tertiary/aromatic N) is 2. The van der Waals surface area contributed by atoms with Crippen LogP contribution in [0.2, 0.25) is 0 Å². The predicted molar refractivity (Wildman–Crippen MR) is 109 cm³/mol. The zero-order chi connectivity index (χ0) is 21.8. The molecular weight excluding hydrogens is 396 g/mol. The van der Waals surface area contributed by atoms with Crippen molar-refractivity contribution < 1.29 is 22.9 Å². The van der Waals surface area contributed by atoms with Gasteiger partial charge in [-0.15, -0.1) is 0 Å². The molecule has 29 heavy (non-hydrogen) atoms.